The number of rotatable bonds is 5. The third-order valence-corrected chi connectivity index (χ3v) is 3.80. The lowest BCUT2D eigenvalue weighted by molar-refractivity contribution is 0.512. The van der Waals surface area contributed by atoms with Crippen LogP contribution in [0.15, 0.2) is 48.7 Å². The molecule has 2 rings (SSSR count). The van der Waals surface area contributed by atoms with Gasteiger partial charge >= 0.3 is 0 Å². The van der Waals surface area contributed by atoms with Crippen LogP contribution in [-0.2, 0) is 12.8 Å². The van der Waals surface area contributed by atoms with Crippen LogP contribution in [0.2, 0.25) is 0 Å². The second-order valence-electron chi connectivity index (χ2n) is 4.97. The first-order chi connectivity index (χ1) is 10.2. The first kappa shape index (κ1) is 15.4. The molecule has 0 aliphatic rings. The van der Waals surface area contributed by atoms with Crippen molar-refractivity contribution in [2.75, 3.05) is 18.9 Å². The molecule has 2 aromatic rings. The van der Waals surface area contributed by atoms with Crippen LogP contribution >= 0.6 is 12.2 Å². The lowest BCUT2D eigenvalue weighted by atomic mass is 10.1. The van der Waals surface area contributed by atoms with Gasteiger partial charge in [0.25, 0.3) is 0 Å². The lowest BCUT2D eigenvalue weighted by Gasteiger charge is -2.21. The Hall–Kier alpha value is -1.94. The van der Waals surface area contributed by atoms with Gasteiger partial charge in [0.1, 0.15) is 0 Å². The third kappa shape index (κ3) is 4.83. The largest absolute Gasteiger partial charge is 0.352 e. The molecule has 4 heteroatoms. The number of hydrogen-bond acceptors (Lipinski definition) is 2. The van der Waals surface area contributed by atoms with Gasteiger partial charge in [-0.05, 0) is 48.5 Å². The molecule has 1 aromatic carbocycles. The Kier molecular flexibility index (Phi) is 5.69. The van der Waals surface area contributed by atoms with Gasteiger partial charge < -0.3 is 10.2 Å². The molecule has 0 saturated carbocycles. The van der Waals surface area contributed by atoms with E-state index in [1.165, 1.54) is 5.56 Å². The van der Waals surface area contributed by atoms with E-state index in [0.717, 1.165) is 35.9 Å². The highest BCUT2D eigenvalue weighted by Crippen LogP contribution is 2.10. The highest BCUT2D eigenvalue weighted by atomic mass is 32.1. The Morgan fingerprint density at radius 2 is 1.95 bits per heavy atom. The smallest absolute Gasteiger partial charge is 0.173 e. The molecule has 0 aliphatic heterocycles. The summed E-state index contributed by atoms with van der Waals surface area (Å²) in [4.78, 5) is 6.36. The number of benzene rings is 1. The molecule has 0 bridgehead atoms. The molecule has 0 radical (unpaired) electrons. The van der Waals surface area contributed by atoms with Crippen LogP contribution in [0.5, 0.6) is 0 Å². The summed E-state index contributed by atoms with van der Waals surface area (Å²) < 4.78 is 0. The van der Waals surface area contributed by atoms with Crippen LogP contribution in [0.25, 0.3) is 0 Å². The van der Waals surface area contributed by atoms with Gasteiger partial charge in [0.2, 0.25) is 0 Å². The lowest BCUT2D eigenvalue weighted by Crippen LogP contribution is -2.32. The van der Waals surface area contributed by atoms with Gasteiger partial charge in [0, 0.05) is 37.6 Å². The summed E-state index contributed by atoms with van der Waals surface area (Å²) in [6, 6.07) is 14.4. The minimum atomic E-state index is 0.732. The van der Waals surface area contributed by atoms with Gasteiger partial charge in [-0.15, -0.1) is 0 Å². The summed E-state index contributed by atoms with van der Waals surface area (Å²) in [7, 11) is 2.00. The van der Waals surface area contributed by atoms with E-state index < -0.39 is 0 Å². The normalized spacial score (nSPS) is 10.2. The van der Waals surface area contributed by atoms with E-state index in [4.69, 9.17) is 12.2 Å². The highest BCUT2D eigenvalue weighted by molar-refractivity contribution is 7.80. The molecule has 0 amide bonds. The maximum absolute atomic E-state index is 5.43. The van der Waals surface area contributed by atoms with Gasteiger partial charge in [-0.25, -0.2) is 0 Å². The van der Waals surface area contributed by atoms with E-state index in [0.29, 0.717) is 0 Å². The quantitative estimate of drug-likeness (QED) is 0.855. The molecule has 3 nitrogen and oxygen atoms in total. The van der Waals surface area contributed by atoms with E-state index in [-0.39, 0.29) is 0 Å². The Bertz CT molecular complexity index is 566. The van der Waals surface area contributed by atoms with Crippen molar-refractivity contribution in [3.8, 4) is 0 Å². The SMILES string of the molecule is CCc1ccc(NC(=S)N(C)CCc2ccccn2)cc1. The molecule has 110 valence electrons. The number of nitrogens with one attached hydrogen (secondary N) is 1. The summed E-state index contributed by atoms with van der Waals surface area (Å²) in [5.41, 5.74) is 3.44. The van der Waals surface area contributed by atoms with Crippen molar-refractivity contribution in [3.05, 3.63) is 59.9 Å². The van der Waals surface area contributed by atoms with Crippen molar-refractivity contribution in [1.29, 1.82) is 0 Å². The van der Waals surface area contributed by atoms with Crippen molar-refractivity contribution in [3.63, 3.8) is 0 Å². The maximum Gasteiger partial charge on any atom is 0.173 e. The van der Waals surface area contributed by atoms with Gasteiger partial charge in [0.05, 0.1) is 0 Å². The van der Waals surface area contributed by atoms with Gasteiger partial charge in [-0.2, -0.15) is 0 Å². The predicted molar refractivity (Wildman–Crippen MR) is 92.6 cm³/mol. The van der Waals surface area contributed by atoms with E-state index in [2.05, 4.69) is 41.5 Å². The molecule has 0 saturated heterocycles. The fraction of sp³-hybridized carbons (Fsp3) is 0.294. The number of likely N-dealkylation sites (N-methyl/N-ethyl adjacent to an activating group) is 1. The number of hydrogen-bond donors (Lipinski definition) is 1. The average molecular weight is 299 g/mol. The zero-order valence-electron chi connectivity index (χ0n) is 12.5. The summed E-state index contributed by atoms with van der Waals surface area (Å²) in [5, 5.41) is 4.00. The third-order valence-electron chi connectivity index (χ3n) is 3.39. The number of aryl methyl sites for hydroxylation is 1. The first-order valence-electron chi connectivity index (χ1n) is 7.20. The van der Waals surface area contributed by atoms with Crippen LogP contribution in [0.3, 0.4) is 0 Å². The van der Waals surface area contributed by atoms with Crippen molar-refractivity contribution >= 4 is 23.0 Å². The van der Waals surface area contributed by atoms with Crippen LogP contribution in [0.1, 0.15) is 18.2 Å². The molecule has 0 aliphatic carbocycles. The molecule has 0 unspecified atom stereocenters. The summed E-state index contributed by atoms with van der Waals surface area (Å²) >= 11 is 5.43. The van der Waals surface area contributed by atoms with E-state index in [1.54, 1.807) is 0 Å². The Labute approximate surface area is 132 Å². The second kappa shape index (κ2) is 7.74. The molecule has 1 aromatic heterocycles. The fourth-order valence-electron chi connectivity index (χ4n) is 1.97. The minimum absolute atomic E-state index is 0.732. The van der Waals surface area contributed by atoms with Crippen LogP contribution in [-0.4, -0.2) is 28.6 Å². The molecule has 1 N–H and O–H groups in total. The zero-order chi connectivity index (χ0) is 15.1. The van der Waals surface area contributed by atoms with Crippen molar-refractivity contribution in [1.82, 2.24) is 9.88 Å². The monoisotopic (exact) mass is 299 g/mol. The molecule has 1 heterocycles. The van der Waals surface area contributed by atoms with Crippen molar-refractivity contribution in [2.24, 2.45) is 0 Å². The van der Waals surface area contributed by atoms with Crippen LogP contribution < -0.4 is 5.32 Å². The zero-order valence-corrected chi connectivity index (χ0v) is 13.4. The predicted octanol–water partition coefficient (Wildman–Crippen LogP) is 3.52. The Balaban J connectivity index is 1.84. The number of pyridine rings is 1. The molecular weight excluding hydrogens is 278 g/mol. The average Bonchev–Trinajstić information content (AvgIpc) is 2.54. The van der Waals surface area contributed by atoms with Crippen LogP contribution in [0, 0.1) is 0 Å². The topological polar surface area (TPSA) is 28.2 Å². The molecule has 21 heavy (non-hydrogen) atoms. The first-order valence-corrected chi connectivity index (χ1v) is 7.61. The Morgan fingerprint density at radius 1 is 1.19 bits per heavy atom. The second-order valence-corrected chi connectivity index (χ2v) is 5.36. The standard InChI is InChI=1S/C17H21N3S/c1-3-14-7-9-16(10-8-14)19-17(21)20(2)13-11-15-6-4-5-12-18-15/h4-10,12H,3,11,13H2,1-2H3,(H,19,21). The maximum atomic E-state index is 5.43. The van der Waals surface area contributed by atoms with E-state index in [9.17, 15) is 0 Å². The van der Waals surface area contributed by atoms with Crippen molar-refractivity contribution in [2.45, 2.75) is 19.8 Å². The summed E-state index contributed by atoms with van der Waals surface area (Å²) in [6.07, 6.45) is 3.75. The molecule has 0 spiro atoms. The highest BCUT2D eigenvalue weighted by Gasteiger charge is 2.05. The molecule has 0 fully saturated rings. The van der Waals surface area contributed by atoms with Gasteiger partial charge in [0.15, 0.2) is 5.11 Å². The van der Waals surface area contributed by atoms with E-state index in [1.807, 2.05) is 36.3 Å². The fourth-order valence-corrected chi connectivity index (χ4v) is 2.18. The molecular formula is C17H21N3S. The number of aromatic nitrogens is 1. The Morgan fingerprint density at radius 3 is 2.57 bits per heavy atom. The van der Waals surface area contributed by atoms with Gasteiger partial charge in [-0.3, -0.25) is 4.98 Å². The number of thiocarbonyl (C=S) groups is 1. The number of anilines is 1. The molecule has 0 atom stereocenters. The summed E-state index contributed by atoms with van der Waals surface area (Å²) in [5.74, 6) is 0. The van der Waals surface area contributed by atoms with E-state index >= 15 is 0 Å². The van der Waals surface area contributed by atoms with Crippen LogP contribution in [0.4, 0.5) is 5.69 Å². The summed E-state index contributed by atoms with van der Waals surface area (Å²) in [6.45, 7) is 2.99. The minimum Gasteiger partial charge on any atom is -0.352 e. The number of nitrogens with zero attached hydrogens (tertiary/aromatic N) is 2. The van der Waals surface area contributed by atoms with Crippen molar-refractivity contribution < 1.29 is 0 Å². The van der Waals surface area contributed by atoms with Gasteiger partial charge in [-0.1, -0.05) is 25.1 Å².